The zero-order valence-electron chi connectivity index (χ0n) is 17.8. The molecule has 2 aromatic heterocycles. The molecule has 0 saturated heterocycles. The van der Waals surface area contributed by atoms with Gasteiger partial charge >= 0.3 is 11.7 Å². The molecule has 0 amide bonds. The van der Waals surface area contributed by atoms with Gasteiger partial charge in [0.2, 0.25) is 5.65 Å². The first-order valence-corrected chi connectivity index (χ1v) is 11.4. The van der Waals surface area contributed by atoms with Crippen LogP contribution >= 0.6 is 0 Å². The summed E-state index contributed by atoms with van der Waals surface area (Å²) in [4.78, 5) is 15.2. The number of hydrogen-bond donors (Lipinski definition) is 0. The number of pyridine rings is 1. The van der Waals surface area contributed by atoms with Gasteiger partial charge < -0.3 is 19.6 Å². The van der Waals surface area contributed by atoms with Crippen LogP contribution in [0.1, 0.15) is 6.92 Å². The molecular formula is C22H20N4O6S. The standard InChI is InChI=1S/C22H20N4O6S/c1-3-31-17-11-13-19(14-12-17)33(29,30)24(2)16-7-9-18(10-8-16)32-21-22(26(27)28)25-15-5-4-6-20(25)23-21/h4-15H,3H2,1-2H3. The molecule has 2 aromatic carbocycles. The first kappa shape index (κ1) is 22.1. The van der Waals surface area contributed by atoms with Gasteiger partial charge in [0.1, 0.15) is 11.5 Å². The molecule has 0 aliphatic heterocycles. The smallest absolute Gasteiger partial charge is 0.392 e. The Kier molecular flexibility index (Phi) is 5.88. The second-order valence-electron chi connectivity index (χ2n) is 6.90. The van der Waals surface area contributed by atoms with Crippen molar-refractivity contribution in [1.29, 1.82) is 0 Å². The lowest BCUT2D eigenvalue weighted by molar-refractivity contribution is -0.391. The van der Waals surface area contributed by atoms with E-state index >= 15 is 0 Å². The number of ether oxygens (including phenoxy) is 2. The van der Waals surface area contributed by atoms with Crippen LogP contribution in [0.2, 0.25) is 0 Å². The van der Waals surface area contributed by atoms with E-state index in [-0.39, 0.29) is 22.3 Å². The Morgan fingerprint density at radius 1 is 1.03 bits per heavy atom. The minimum Gasteiger partial charge on any atom is -0.494 e. The molecule has 10 nitrogen and oxygen atoms in total. The molecule has 0 saturated carbocycles. The van der Waals surface area contributed by atoms with Crippen LogP contribution in [0.3, 0.4) is 0 Å². The van der Waals surface area contributed by atoms with Gasteiger partial charge in [-0.3, -0.25) is 4.31 Å². The molecule has 4 aromatic rings. The van der Waals surface area contributed by atoms with Gasteiger partial charge in [0.05, 0.1) is 23.4 Å². The average Bonchev–Trinajstić information content (AvgIpc) is 3.17. The molecule has 0 fully saturated rings. The zero-order chi connectivity index (χ0) is 23.6. The molecule has 2 heterocycles. The Hall–Kier alpha value is -4.12. The van der Waals surface area contributed by atoms with Gasteiger partial charge in [-0.1, -0.05) is 6.07 Å². The summed E-state index contributed by atoms with van der Waals surface area (Å²) in [6.07, 6.45) is 1.52. The number of fused-ring (bicyclic) bond motifs is 1. The normalized spacial score (nSPS) is 11.3. The quantitative estimate of drug-likeness (QED) is 0.280. The summed E-state index contributed by atoms with van der Waals surface area (Å²) in [5.41, 5.74) is 0.762. The largest absolute Gasteiger partial charge is 0.494 e. The summed E-state index contributed by atoms with van der Waals surface area (Å²) < 4.78 is 39.4. The van der Waals surface area contributed by atoms with Crippen LogP contribution in [0.5, 0.6) is 17.4 Å². The van der Waals surface area contributed by atoms with E-state index in [1.807, 2.05) is 6.92 Å². The SMILES string of the molecule is CCOc1ccc(S(=O)(=O)N(C)c2ccc(Oc3nc4ccccn4c3[N+](=O)[O-])cc2)cc1. The molecule has 0 radical (unpaired) electrons. The Morgan fingerprint density at radius 2 is 1.70 bits per heavy atom. The Morgan fingerprint density at radius 3 is 2.33 bits per heavy atom. The van der Waals surface area contributed by atoms with Crippen LogP contribution in [-0.2, 0) is 10.0 Å². The van der Waals surface area contributed by atoms with Crippen molar-refractivity contribution in [3.05, 3.63) is 83.0 Å². The minimum atomic E-state index is -3.80. The average molecular weight is 468 g/mol. The van der Waals surface area contributed by atoms with Crippen molar-refractivity contribution < 1.29 is 22.8 Å². The van der Waals surface area contributed by atoms with E-state index in [4.69, 9.17) is 9.47 Å². The maximum atomic E-state index is 13.0. The van der Waals surface area contributed by atoms with E-state index in [1.54, 1.807) is 42.5 Å². The molecule has 33 heavy (non-hydrogen) atoms. The molecule has 0 aliphatic rings. The summed E-state index contributed by atoms with van der Waals surface area (Å²) in [5.74, 6) is 0.401. The number of aromatic nitrogens is 2. The third-order valence-corrected chi connectivity index (χ3v) is 6.65. The fourth-order valence-corrected chi connectivity index (χ4v) is 4.40. The second-order valence-corrected chi connectivity index (χ2v) is 8.87. The maximum Gasteiger partial charge on any atom is 0.392 e. The highest BCUT2D eigenvalue weighted by Gasteiger charge is 2.25. The first-order valence-electron chi connectivity index (χ1n) is 9.92. The van der Waals surface area contributed by atoms with Gasteiger partial charge in [-0.05, 0) is 66.4 Å². The van der Waals surface area contributed by atoms with E-state index in [2.05, 4.69) is 4.98 Å². The highest BCUT2D eigenvalue weighted by molar-refractivity contribution is 7.92. The van der Waals surface area contributed by atoms with Crippen molar-refractivity contribution in [3.63, 3.8) is 0 Å². The van der Waals surface area contributed by atoms with Crippen LogP contribution in [0, 0.1) is 10.1 Å². The molecule has 0 atom stereocenters. The Bertz CT molecular complexity index is 1400. The van der Waals surface area contributed by atoms with Crippen molar-refractivity contribution >= 4 is 27.2 Å². The monoisotopic (exact) mass is 468 g/mol. The van der Waals surface area contributed by atoms with E-state index < -0.39 is 14.9 Å². The summed E-state index contributed by atoms with van der Waals surface area (Å²) in [6, 6.07) is 17.3. The maximum absolute atomic E-state index is 13.0. The summed E-state index contributed by atoms with van der Waals surface area (Å²) in [6.45, 7) is 2.33. The molecule has 0 unspecified atom stereocenters. The second kappa shape index (κ2) is 8.79. The number of sulfonamides is 1. The van der Waals surface area contributed by atoms with Crippen LogP contribution in [-0.4, -0.2) is 36.4 Å². The fraction of sp³-hybridized carbons (Fsp3) is 0.136. The van der Waals surface area contributed by atoms with Crippen molar-refractivity contribution in [2.75, 3.05) is 18.0 Å². The van der Waals surface area contributed by atoms with Gasteiger partial charge in [-0.25, -0.2) is 8.42 Å². The van der Waals surface area contributed by atoms with E-state index in [9.17, 15) is 18.5 Å². The minimum absolute atomic E-state index is 0.120. The van der Waals surface area contributed by atoms with Gasteiger partial charge in [0.15, 0.2) is 0 Å². The first-order chi connectivity index (χ1) is 15.8. The van der Waals surface area contributed by atoms with Crippen molar-refractivity contribution in [2.45, 2.75) is 11.8 Å². The molecule has 0 bridgehead atoms. The van der Waals surface area contributed by atoms with E-state index in [1.165, 1.54) is 41.9 Å². The summed E-state index contributed by atoms with van der Waals surface area (Å²) >= 11 is 0. The molecule has 0 aliphatic carbocycles. The number of benzene rings is 2. The number of imidazole rings is 1. The predicted molar refractivity (Wildman–Crippen MR) is 122 cm³/mol. The van der Waals surface area contributed by atoms with Crippen molar-refractivity contribution in [1.82, 2.24) is 9.38 Å². The van der Waals surface area contributed by atoms with Crippen LogP contribution < -0.4 is 13.8 Å². The Labute approximate surface area is 189 Å². The lowest BCUT2D eigenvalue weighted by Gasteiger charge is -2.20. The number of nitrogens with zero attached hydrogens (tertiary/aromatic N) is 4. The summed E-state index contributed by atoms with van der Waals surface area (Å²) in [5, 5.41) is 11.5. The Balaban J connectivity index is 1.56. The van der Waals surface area contributed by atoms with Gasteiger partial charge in [0.25, 0.3) is 10.0 Å². The topological polar surface area (TPSA) is 116 Å². The number of nitro groups is 1. The number of anilines is 1. The lowest BCUT2D eigenvalue weighted by atomic mass is 10.3. The number of rotatable bonds is 8. The fourth-order valence-electron chi connectivity index (χ4n) is 3.20. The molecular weight excluding hydrogens is 448 g/mol. The van der Waals surface area contributed by atoms with Crippen molar-refractivity contribution in [2.24, 2.45) is 0 Å². The molecule has 0 N–H and O–H groups in total. The molecule has 4 rings (SSSR count). The third kappa shape index (κ3) is 4.30. The third-order valence-electron chi connectivity index (χ3n) is 4.85. The van der Waals surface area contributed by atoms with E-state index in [0.717, 1.165) is 4.31 Å². The van der Waals surface area contributed by atoms with Crippen LogP contribution in [0.15, 0.2) is 77.8 Å². The van der Waals surface area contributed by atoms with Gasteiger partial charge in [-0.2, -0.15) is 9.38 Å². The van der Waals surface area contributed by atoms with Gasteiger partial charge in [-0.15, -0.1) is 0 Å². The number of hydrogen-bond acceptors (Lipinski definition) is 7. The molecule has 0 spiro atoms. The predicted octanol–water partition coefficient (Wildman–Crippen LogP) is 4.26. The van der Waals surface area contributed by atoms with E-state index in [0.29, 0.717) is 23.7 Å². The highest BCUT2D eigenvalue weighted by Crippen LogP contribution is 2.33. The lowest BCUT2D eigenvalue weighted by Crippen LogP contribution is -2.26. The van der Waals surface area contributed by atoms with Gasteiger partial charge in [0, 0.05) is 13.1 Å². The molecule has 170 valence electrons. The summed E-state index contributed by atoms with van der Waals surface area (Å²) in [7, 11) is -2.36. The van der Waals surface area contributed by atoms with Crippen LogP contribution in [0.25, 0.3) is 5.65 Å². The molecule has 11 heteroatoms. The zero-order valence-corrected chi connectivity index (χ0v) is 18.6. The van der Waals surface area contributed by atoms with Crippen molar-refractivity contribution in [3.8, 4) is 17.4 Å². The highest BCUT2D eigenvalue weighted by atomic mass is 32.2. The van der Waals surface area contributed by atoms with Crippen LogP contribution in [0.4, 0.5) is 11.5 Å².